The number of nitrogens with two attached hydrogens (primary N) is 1. The van der Waals surface area contributed by atoms with E-state index in [1.807, 2.05) is 32.8 Å². The Kier molecular flexibility index (Phi) is 4.88. The van der Waals surface area contributed by atoms with Crippen molar-refractivity contribution >= 4 is 5.84 Å². The number of alkyl halides is 3. The van der Waals surface area contributed by atoms with Crippen molar-refractivity contribution in [3.63, 3.8) is 0 Å². The van der Waals surface area contributed by atoms with Crippen LogP contribution in [0.4, 0.5) is 13.2 Å². The van der Waals surface area contributed by atoms with Crippen molar-refractivity contribution in [2.75, 3.05) is 20.7 Å². The lowest BCUT2D eigenvalue weighted by atomic mass is 10.0. The van der Waals surface area contributed by atoms with Crippen LogP contribution in [-0.4, -0.2) is 37.0 Å². The van der Waals surface area contributed by atoms with Gasteiger partial charge < -0.3 is 15.4 Å². The minimum atomic E-state index is -4.55. The van der Waals surface area contributed by atoms with Crippen LogP contribution in [0.3, 0.4) is 0 Å². The van der Waals surface area contributed by atoms with Crippen LogP contribution in [0.2, 0.25) is 0 Å². The molecule has 0 aliphatic heterocycles. The Labute approximate surface area is 122 Å². The summed E-state index contributed by atoms with van der Waals surface area (Å²) in [5.74, 6) is -0.386. The maximum atomic E-state index is 12.8. The maximum absolute atomic E-state index is 12.8. The average Bonchev–Trinajstić information content (AvgIpc) is 2.34. The first-order chi connectivity index (χ1) is 9.45. The molecule has 0 aliphatic rings. The Balaban J connectivity index is 3.03. The SMILES string of the molecule is CN(C)C(C)(C)COc1ccc(C(F)(F)F)c(C(=N)N)c1. The molecule has 1 aromatic rings. The van der Waals surface area contributed by atoms with E-state index in [-0.39, 0.29) is 16.9 Å². The monoisotopic (exact) mass is 303 g/mol. The molecule has 0 aromatic heterocycles. The molecule has 0 atom stereocenters. The lowest BCUT2D eigenvalue weighted by molar-refractivity contribution is -0.137. The van der Waals surface area contributed by atoms with Crippen molar-refractivity contribution in [2.24, 2.45) is 5.73 Å². The fourth-order valence-corrected chi connectivity index (χ4v) is 1.47. The van der Waals surface area contributed by atoms with Gasteiger partial charge in [0.1, 0.15) is 18.2 Å². The summed E-state index contributed by atoms with van der Waals surface area (Å²) < 4.78 is 44.0. The van der Waals surface area contributed by atoms with Crippen LogP contribution in [0.5, 0.6) is 5.75 Å². The molecule has 7 heteroatoms. The standard InChI is InChI=1S/C14H20F3N3O/c1-13(2,20(3)4)8-21-9-5-6-11(14(15,16)17)10(7-9)12(18)19/h5-7H,8H2,1-4H3,(H3,18,19). The summed E-state index contributed by atoms with van der Waals surface area (Å²) in [7, 11) is 3.77. The second kappa shape index (κ2) is 5.93. The number of ether oxygens (including phenoxy) is 1. The van der Waals surface area contributed by atoms with Gasteiger partial charge in [-0.2, -0.15) is 13.2 Å². The van der Waals surface area contributed by atoms with Crippen LogP contribution in [-0.2, 0) is 6.18 Å². The number of hydrogen-bond acceptors (Lipinski definition) is 3. The Morgan fingerprint density at radius 2 is 1.86 bits per heavy atom. The minimum absolute atomic E-state index is 0.253. The number of nitrogen functional groups attached to an aromatic ring is 1. The van der Waals surface area contributed by atoms with Gasteiger partial charge in [0, 0.05) is 11.1 Å². The Bertz CT molecular complexity index is 525. The van der Waals surface area contributed by atoms with Crippen LogP contribution < -0.4 is 10.5 Å². The quantitative estimate of drug-likeness (QED) is 0.649. The molecule has 0 saturated carbocycles. The summed E-state index contributed by atoms with van der Waals surface area (Å²) in [6.07, 6.45) is -4.55. The molecule has 0 saturated heterocycles. The fourth-order valence-electron chi connectivity index (χ4n) is 1.47. The number of hydrogen-bond donors (Lipinski definition) is 2. The molecule has 0 radical (unpaired) electrons. The highest BCUT2D eigenvalue weighted by atomic mass is 19.4. The number of nitrogens with zero attached hydrogens (tertiary/aromatic N) is 1. The van der Waals surface area contributed by atoms with Crippen LogP contribution in [0, 0.1) is 5.41 Å². The Morgan fingerprint density at radius 1 is 1.29 bits per heavy atom. The van der Waals surface area contributed by atoms with Crippen molar-refractivity contribution in [1.82, 2.24) is 4.90 Å². The zero-order valence-corrected chi connectivity index (χ0v) is 12.5. The molecule has 21 heavy (non-hydrogen) atoms. The molecule has 3 N–H and O–H groups in total. The smallest absolute Gasteiger partial charge is 0.417 e. The molecule has 0 bridgehead atoms. The number of amidine groups is 1. The third-order valence-electron chi connectivity index (χ3n) is 3.39. The van der Waals surface area contributed by atoms with Gasteiger partial charge in [-0.25, -0.2) is 0 Å². The highest BCUT2D eigenvalue weighted by molar-refractivity contribution is 5.97. The molecule has 0 unspecified atom stereocenters. The molecule has 118 valence electrons. The number of benzene rings is 1. The van der Waals surface area contributed by atoms with E-state index in [1.54, 1.807) is 0 Å². The van der Waals surface area contributed by atoms with Gasteiger partial charge in [0.2, 0.25) is 0 Å². The number of likely N-dealkylation sites (N-methyl/N-ethyl adjacent to an activating group) is 1. The van der Waals surface area contributed by atoms with E-state index in [9.17, 15) is 13.2 Å². The molecule has 1 rings (SSSR count). The molecular formula is C14H20F3N3O. The zero-order chi connectivity index (χ0) is 16.4. The molecule has 0 fully saturated rings. The van der Waals surface area contributed by atoms with Crippen LogP contribution in [0.15, 0.2) is 18.2 Å². The summed E-state index contributed by atoms with van der Waals surface area (Å²) in [6, 6.07) is 3.27. The minimum Gasteiger partial charge on any atom is -0.492 e. The highest BCUT2D eigenvalue weighted by Gasteiger charge is 2.34. The predicted molar refractivity (Wildman–Crippen MR) is 75.7 cm³/mol. The van der Waals surface area contributed by atoms with Crippen molar-refractivity contribution in [1.29, 1.82) is 5.41 Å². The van der Waals surface area contributed by atoms with Gasteiger partial charge >= 0.3 is 6.18 Å². The molecule has 0 amide bonds. The van der Waals surface area contributed by atoms with Gasteiger partial charge in [-0.05, 0) is 46.1 Å². The van der Waals surface area contributed by atoms with E-state index in [2.05, 4.69) is 0 Å². The fraction of sp³-hybridized carbons (Fsp3) is 0.500. The summed E-state index contributed by atoms with van der Waals surface area (Å²) in [5.41, 5.74) is 3.64. The number of nitrogens with one attached hydrogen (secondary N) is 1. The second-order valence-electron chi connectivity index (χ2n) is 5.61. The first-order valence-corrected chi connectivity index (χ1v) is 6.31. The highest BCUT2D eigenvalue weighted by Crippen LogP contribution is 2.33. The largest absolute Gasteiger partial charge is 0.492 e. The summed E-state index contributed by atoms with van der Waals surface area (Å²) >= 11 is 0. The van der Waals surface area contributed by atoms with E-state index in [0.717, 1.165) is 12.1 Å². The van der Waals surface area contributed by atoms with Gasteiger partial charge in [0.05, 0.1) is 5.56 Å². The molecular weight excluding hydrogens is 283 g/mol. The summed E-state index contributed by atoms with van der Waals surface area (Å²) in [5, 5.41) is 7.29. The van der Waals surface area contributed by atoms with E-state index in [0.29, 0.717) is 6.61 Å². The van der Waals surface area contributed by atoms with Crippen molar-refractivity contribution in [3.8, 4) is 5.75 Å². The third kappa shape index (κ3) is 4.35. The molecule has 0 aliphatic carbocycles. The van der Waals surface area contributed by atoms with Crippen molar-refractivity contribution in [3.05, 3.63) is 29.3 Å². The number of halogens is 3. The van der Waals surface area contributed by atoms with Gasteiger partial charge in [-0.3, -0.25) is 5.41 Å². The molecule has 4 nitrogen and oxygen atoms in total. The van der Waals surface area contributed by atoms with E-state index < -0.39 is 17.6 Å². The van der Waals surface area contributed by atoms with Gasteiger partial charge in [-0.15, -0.1) is 0 Å². The van der Waals surface area contributed by atoms with E-state index >= 15 is 0 Å². The van der Waals surface area contributed by atoms with Crippen molar-refractivity contribution in [2.45, 2.75) is 25.6 Å². The van der Waals surface area contributed by atoms with E-state index in [1.165, 1.54) is 6.07 Å². The van der Waals surface area contributed by atoms with Gasteiger partial charge in [0.15, 0.2) is 0 Å². The Hall–Kier alpha value is -1.76. The average molecular weight is 303 g/mol. The second-order valence-corrected chi connectivity index (χ2v) is 5.61. The number of rotatable bonds is 5. The topological polar surface area (TPSA) is 62.3 Å². The lowest BCUT2D eigenvalue weighted by Gasteiger charge is -2.32. The van der Waals surface area contributed by atoms with Crippen LogP contribution >= 0.6 is 0 Å². The summed E-state index contributed by atoms with van der Waals surface area (Å²) in [4.78, 5) is 1.95. The first-order valence-electron chi connectivity index (χ1n) is 6.31. The normalized spacial score (nSPS) is 12.6. The van der Waals surface area contributed by atoms with E-state index in [4.69, 9.17) is 15.9 Å². The maximum Gasteiger partial charge on any atom is 0.417 e. The first kappa shape index (κ1) is 17.3. The van der Waals surface area contributed by atoms with Crippen LogP contribution in [0.1, 0.15) is 25.0 Å². The molecule has 1 aromatic carbocycles. The Morgan fingerprint density at radius 3 is 2.29 bits per heavy atom. The lowest BCUT2D eigenvalue weighted by Crippen LogP contribution is -2.43. The third-order valence-corrected chi connectivity index (χ3v) is 3.39. The molecule has 0 spiro atoms. The van der Waals surface area contributed by atoms with Gasteiger partial charge in [0.25, 0.3) is 0 Å². The van der Waals surface area contributed by atoms with Crippen LogP contribution in [0.25, 0.3) is 0 Å². The zero-order valence-electron chi connectivity index (χ0n) is 12.5. The predicted octanol–water partition coefficient (Wildman–Crippen LogP) is 2.71. The van der Waals surface area contributed by atoms with Gasteiger partial charge in [-0.1, -0.05) is 0 Å². The summed E-state index contributed by atoms with van der Waals surface area (Å²) in [6.45, 7) is 4.19. The molecule has 0 heterocycles. The van der Waals surface area contributed by atoms with Crippen molar-refractivity contribution < 1.29 is 17.9 Å².